The Morgan fingerprint density at radius 1 is 1.08 bits per heavy atom. The predicted molar refractivity (Wildman–Crippen MR) is 96.5 cm³/mol. The van der Waals surface area contributed by atoms with E-state index in [1.165, 1.54) is 37.1 Å². The van der Waals surface area contributed by atoms with Crippen LogP contribution in [0.5, 0.6) is 0 Å². The zero-order valence-corrected chi connectivity index (χ0v) is 15.2. The molecule has 0 spiro atoms. The van der Waals surface area contributed by atoms with Crippen LogP contribution in [0.3, 0.4) is 0 Å². The molecule has 0 unspecified atom stereocenters. The Labute approximate surface area is 147 Å². The van der Waals surface area contributed by atoms with Crippen molar-refractivity contribution in [3.63, 3.8) is 0 Å². The van der Waals surface area contributed by atoms with Crippen molar-refractivity contribution in [2.24, 2.45) is 0 Å². The third-order valence-electron chi connectivity index (χ3n) is 4.90. The smallest absolute Gasteiger partial charge is 0.191 e. The van der Waals surface area contributed by atoms with Crippen LogP contribution in [0.25, 0.3) is 0 Å². The van der Waals surface area contributed by atoms with Crippen molar-refractivity contribution < 1.29 is 5.11 Å². The number of thioether (sulfide) groups is 1. The monoisotopic (exact) mass is 343 g/mol. The van der Waals surface area contributed by atoms with Gasteiger partial charge in [0.1, 0.15) is 5.82 Å². The van der Waals surface area contributed by atoms with E-state index in [1.807, 2.05) is 12.1 Å². The molecule has 2 aliphatic carbocycles. The van der Waals surface area contributed by atoms with Crippen molar-refractivity contribution in [1.29, 1.82) is 0 Å². The number of nitrogens with zero attached hydrogens (tertiary/aromatic N) is 3. The molecule has 1 aromatic carbocycles. The van der Waals surface area contributed by atoms with E-state index in [9.17, 15) is 5.11 Å². The Morgan fingerprint density at radius 3 is 2.33 bits per heavy atom. The quantitative estimate of drug-likeness (QED) is 0.755. The fourth-order valence-electron chi connectivity index (χ4n) is 3.04. The van der Waals surface area contributed by atoms with Crippen molar-refractivity contribution in [1.82, 2.24) is 14.8 Å². The highest BCUT2D eigenvalue weighted by atomic mass is 32.2. The maximum absolute atomic E-state index is 10.5. The molecule has 128 valence electrons. The Morgan fingerprint density at radius 2 is 1.75 bits per heavy atom. The number of aliphatic hydroxyl groups is 1. The van der Waals surface area contributed by atoms with Crippen molar-refractivity contribution in [3.05, 3.63) is 41.2 Å². The normalized spacial score (nSPS) is 19.0. The summed E-state index contributed by atoms with van der Waals surface area (Å²) in [6, 6.07) is 8.92. The van der Waals surface area contributed by atoms with E-state index in [2.05, 4.69) is 40.7 Å². The molecule has 1 heterocycles. The topological polar surface area (TPSA) is 50.9 Å². The van der Waals surface area contributed by atoms with Crippen LogP contribution in [-0.2, 0) is 0 Å². The lowest BCUT2D eigenvalue weighted by molar-refractivity contribution is 0.204. The molecule has 24 heavy (non-hydrogen) atoms. The van der Waals surface area contributed by atoms with E-state index in [4.69, 9.17) is 0 Å². The molecule has 4 rings (SSSR count). The molecule has 1 aromatic heterocycles. The van der Waals surface area contributed by atoms with Crippen LogP contribution in [0.4, 0.5) is 0 Å². The van der Waals surface area contributed by atoms with Gasteiger partial charge in [-0.1, -0.05) is 49.9 Å². The number of hydrogen-bond donors (Lipinski definition) is 1. The SMILES string of the molecule is CC(C)c1ccc([C@H](O)CSc2nnc(C3CC3)n2C2CC2)cc1. The van der Waals surface area contributed by atoms with Gasteiger partial charge in [-0.25, -0.2) is 0 Å². The van der Waals surface area contributed by atoms with Crippen LogP contribution in [0, 0.1) is 0 Å². The summed E-state index contributed by atoms with van der Waals surface area (Å²) in [5, 5.41) is 20.3. The molecule has 2 saturated carbocycles. The zero-order valence-electron chi connectivity index (χ0n) is 14.4. The second-order valence-electron chi connectivity index (χ2n) is 7.36. The summed E-state index contributed by atoms with van der Waals surface area (Å²) in [4.78, 5) is 0. The van der Waals surface area contributed by atoms with Crippen LogP contribution >= 0.6 is 11.8 Å². The minimum absolute atomic E-state index is 0.468. The molecule has 0 aliphatic heterocycles. The van der Waals surface area contributed by atoms with E-state index in [1.54, 1.807) is 11.8 Å². The van der Waals surface area contributed by atoms with Crippen molar-refractivity contribution in [2.45, 2.75) is 68.7 Å². The Hall–Kier alpha value is -1.33. The molecule has 1 N–H and O–H groups in total. The Bertz CT molecular complexity index is 702. The van der Waals surface area contributed by atoms with Crippen LogP contribution in [0.2, 0.25) is 0 Å². The number of hydrogen-bond acceptors (Lipinski definition) is 4. The first-order valence-corrected chi connectivity index (χ1v) is 9.97. The maximum atomic E-state index is 10.5. The molecule has 1 atom stereocenters. The number of benzene rings is 1. The average molecular weight is 343 g/mol. The Balaban J connectivity index is 1.43. The van der Waals surface area contributed by atoms with Gasteiger partial charge in [-0.05, 0) is 42.7 Å². The molecule has 2 aromatic rings. The zero-order chi connectivity index (χ0) is 16.7. The summed E-state index contributed by atoms with van der Waals surface area (Å²) in [5.41, 5.74) is 2.29. The molecular formula is C19H25N3OS. The van der Waals surface area contributed by atoms with Gasteiger partial charge in [0.05, 0.1) is 6.10 Å². The predicted octanol–water partition coefficient (Wildman–Crippen LogP) is 4.44. The van der Waals surface area contributed by atoms with E-state index in [0.717, 1.165) is 10.7 Å². The van der Waals surface area contributed by atoms with E-state index >= 15 is 0 Å². The first-order chi connectivity index (χ1) is 11.6. The standard InChI is InChI=1S/C19H25N3OS/c1-12(2)13-3-5-14(6-4-13)17(23)11-24-19-21-20-18(15-7-8-15)22(19)16-9-10-16/h3-6,12,15-17,23H,7-11H2,1-2H3/t17-/m1/s1. The summed E-state index contributed by atoms with van der Waals surface area (Å²) < 4.78 is 2.34. The highest BCUT2D eigenvalue weighted by Gasteiger charge is 2.36. The highest BCUT2D eigenvalue weighted by Crippen LogP contribution is 2.46. The molecule has 0 radical (unpaired) electrons. The second kappa shape index (κ2) is 6.52. The van der Waals surface area contributed by atoms with Gasteiger partial charge in [0.2, 0.25) is 0 Å². The minimum atomic E-state index is -0.468. The van der Waals surface area contributed by atoms with Gasteiger partial charge in [-0.3, -0.25) is 0 Å². The lowest BCUT2D eigenvalue weighted by atomic mass is 10.0. The van der Waals surface area contributed by atoms with Gasteiger partial charge in [-0.2, -0.15) is 0 Å². The first-order valence-electron chi connectivity index (χ1n) is 8.99. The van der Waals surface area contributed by atoms with Gasteiger partial charge in [0, 0.05) is 17.7 Å². The van der Waals surface area contributed by atoms with Crippen LogP contribution in [0.1, 0.15) is 80.5 Å². The van der Waals surface area contributed by atoms with Gasteiger partial charge in [0.25, 0.3) is 0 Å². The van der Waals surface area contributed by atoms with Crippen LogP contribution in [-0.4, -0.2) is 25.6 Å². The van der Waals surface area contributed by atoms with Gasteiger partial charge < -0.3 is 9.67 Å². The summed E-state index contributed by atoms with van der Waals surface area (Å²) in [5.74, 6) is 2.94. The first kappa shape index (κ1) is 16.2. The summed E-state index contributed by atoms with van der Waals surface area (Å²) in [6.07, 6.45) is 4.51. The van der Waals surface area contributed by atoms with E-state index in [0.29, 0.717) is 23.6 Å². The van der Waals surface area contributed by atoms with Gasteiger partial charge >= 0.3 is 0 Å². The number of rotatable bonds is 7. The maximum Gasteiger partial charge on any atom is 0.191 e. The lowest BCUT2D eigenvalue weighted by Gasteiger charge is -2.13. The van der Waals surface area contributed by atoms with Crippen LogP contribution in [0.15, 0.2) is 29.4 Å². The molecule has 2 aliphatic rings. The van der Waals surface area contributed by atoms with Crippen molar-refractivity contribution in [3.8, 4) is 0 Å². The molecule has 0 amide bonds. The lowest BCUT2D eigenvalue weighted by Crippen LogP contribution is -2.05. The van der Waals surface area contributed by atoms with Gasteiger partial charge in [-0.15, -0.1) is 10.2 Å². The third kappa shape index (κ3) is 3.38. The molecule has 5 heteroatoms. The average Bonchev–Trinajstić information content (AvgIpc) is 3.51. The third-order valence-corrected chi connectivity index (χ3v) is 5.92. The fraction of sp³-hybridized carbons (Fsp3) is 0.579. The minimum Gasteiger partial charge on any atom is -0.388 e. The van der Waals surface area contributed by atoms with Crippen molar-refractivity contribution >= 4 is 11.8 Å². The van der Waals surface area contributed by atoms with E-state index < -0.39 is 6.10 Å². The van der Waals surface area contributed by atoms with Gasteiger partial charge in [0.15, 0.2) is 5.16 Å². The highest BCUT2D eigenvalue weighted by molar-refractivity contribution is 7.99. The number of aromatic nitrogens is 3. The molecule has 0 saturated heterocycles. The van der Waals surface area contributed by atoms with Crippen molar-refractivity contribution in [2.75, 3.05) is 5.75 Å². The van der Waals surface area contributed by atoms with E-state index in [-0.39, 0.29) is 0 Å². The second-order valence-corrected chi connectivity index (χ2v) is 8.35. The molecular weight excluding hydrogens is 318 g/mol. The summed E-state index contributed by atoms with van der Waals surface area (Å²) in [7, 11) is 0. The van der Waals surface area contributed by atoms with Crippen LogP contribution < -0.4 is 0 Å². The molecule has 2 fully saturated rings. The molecule has 0 bridgehead atoms. The number of aliphatic hydroxyl groups excluding tert-OH is 1. The Kier molecular flexibility index (Phi) is 4.39. The summed E-state index contributed by atoms with van der Waals surface area (Å²) >= 11 is 1.63. The summed E-state index contributed by atoms with van der Waals surface area (Å²) in [6.45, 7) is 4.37. The molecule has 4 nitrogen and oxygen atoms in total. The largest absolute Gasteiger partial charge is 0.388 e. The fourth-order valence-corrected chi connectivity index (χ4v) is 4.02.